The average Bonchev–Trinajstić information content (AvgIpc) is 3.42. The van der Waals surface area contributed by atoms with Crippen molar-refractivity contribution < 1.29 is 14.6 Å². The summed E-state index contributed by atoms with van der Waals surface area (Å²) in [6.07, 6.45) is 5.60. The van der Waals surface area contributed by atoms with Crippen molar-refractivity contribution in [1.29, 1.82) is 0 Å². The van der Waals surface area contributed by atoms with Crippen molar-refractivity contribution in [2.75, 3.05) is 32.8 Å². The molecule has 1 amide bonds. The number of carbonyl (C=O) groups excluding carboxylic acids is 1. The molecule has 39 heavy (non-hydrogen) atoms. The predicted octanol–water partition coefficient (Wildman–Crippen LogP) is 4.68. The van der Waals surface area contributed by atoms with Crippen molar-refractivity contribution in [2.24, 2.45) is 5.41 Å². The number of fused-ring (bicyclic) bond motifs is 3. The van der Waals surface area contributed by atoms with Gasteiger partial charge in [0.15, 0.2) is 0 Å². The number of imidazole rings is 1. The maximum atomic E-state index is 13.4. The van der Waals surface area contributed by atoms with Gasteiger partial charge >= 0.3 is 0 Å². The second-order valence-corrected chi connectivity index (χ2v) is 12.5. The number of piperidine rings is 1. The number of rotatable bonds is 7. The molecule has 4 atom stereocenters. The van der Waals surface area contributed by atoms with Crippen LogP contribution in [0.5, 0.6) is 0 Å². The minimum absolute atomic E-state index is 0.00239. The Hall–Kier alpha value is -2.74. The number of para-hydroxylation sites is 2. The quantitative estimate of drug-likeness (QED) is 0.481. The van der Waals surface area contributed by atoms with E-state index in [1.165, 1.54) is 18.4 Å². The summed E-state index contributed by atoms with van der Waals surface area (Å²) in [5, 5.41) is 9.86. The Labute approximate surface area is 231 Å². The Kier molecular flexibility index (Phi) is 7.02. The fourth-order valence-electron chi connectivity index (χ4n) is 7.42. The van der Waals surface area contributed by atoms with E-state index in [9.17, 15) is 9.90 Å². The zero-order valence-electron chi connectivity index (χ0n) is 23.6. The van der Waals surface area contributed by atoms with Crippen molar-refractivity contribution >= 4 is 16.9 Å². The SMILES string of the molecule is Cc1nc2ccccc2n1[C@H]1C[C@H]2CC[C@@H](C1)N2CCC1(c2ccccc2)CN(C(=O)C(C)(C)CO)CCO1. The number of aliphatic hydroxyl groups is 1. The summed E-state index contributed by atoms with van der Waals surface area (Å²) in [6, 6.07) is 20.5. The highest BCUT2D eigenvalue weighted by Gasteiger charge is 2.46. The number of hydrogen-bond donors (Lipinski definition) is 1. The Morgan fingerprint density at radius 1 is 1.05 bits per heavy atom. The topological polar surface area (TPSA) is 70.8 Å². The van der Waals surface area contributed by atoms with Crippen LogP contribution in [-0.2, 0) is 15.1 Å². The van der Waals surface area contributed by atoms with E-state index in [2.05, 4.69) is 64.9 Å². The van der Waals surface area contributed by atoms with Crippen LogP contribution in [0.3, 0.4) is 0 Å². The first-order chi connectivity index (χ1) is 18.8. The highest BCUT2D eigenvalue weighted by atomic mass is 16.5. The normalized spacial score (nSPS) is 27.8. The number of morpholine rings is 1. The van der Waals surface area contributed by atoms with Gasteiger partial charge in [-0.25, -0.2) is 4.98 Å². The van der Waals surface area contributed by atoms with Gasteiger partial charge in [0.05, 0.1) is 36.2 Å². The van der Waals surface area contributed by atoms with Gasteiger partial charge in [0.25, 0.3) is 0 Å². The number of hydrogen-bond acceptors (Lipinski definition) is 5. The van der Waals surface area contributed by atoms with E-state index in [1.807, 2.05) is 24.8 Å². The predicted molar refractivity (Wildman–Crippen MR) is 152 cm³/mol. The maximum absolute atomic E-state index is 13.4. The third kappa shape index (κ3) is 4.79. The molecule has 7 nitrogen and oxygen atoms in total. The van der Waals surface area contributed by atoms with Gasteiger partial charge in [-0.05, 0) is 70.6 Å². The zero-order chi connectivity index (χ0) is 27.2. The van der Waals surface area contributed by atoms with E-state index in [4.69, 9.17) is 9.72 Å². The van der Waals surface area contributed by atoms with Gasteiger partial charge in [0.2, 0.25) is 5.91 Å². The first-order valence-electron chi connectivity index (χ1n) is 14.6. The van der Waals surface area contributed by atoms with Gasteiger partial charge in [-0.3, -0.25) is 9.69 Å². The number of aryl methyl sites for hydroxylation is 1. The maximum Gasteiger partial charge on any atom is 0.230 e. The number of aromatic nitrogens is 2. The molecule has 2 bridgehead atoms. The fraction of sp³-hybridized carbons (Fsp3) is 0.562. The molecule has 3 fully saturated rings. The van der Waals surface area contributed by atoms with Crippen LogP contribution in [0.1, 0.15) is 63.4 Å². The van der Waals surface area contributed by atoms with E-state index in [-0.39, 0.29) is 12.5 Å². The van der Waals surface area contributed by atoms with Gasteiger partial charge < -0.3 is 19.3 Å². The lowest BCUT2D eigenvalue weighted by atomic mass is 9.85. The molecule has 0 saturated carbocycles. The Balaban J connectivity index is 1.21. The van der Waals surface area contributed by atoms with Crippen LogP contribution in [0.25, 0.3) is 11.0 Å². The molecule has 0 radical (unpaired) electrons. The molecule has 2 aromatic carbocycles. The summed E-state index contributed by atoms with van der Waals surface area (Å²) >= 11 is 0. The first kappa shape index (κ1) is 26.5. The summed E-state index contributed by atoms with van der Waals surface area (Å²) in [7, 11) is 0. The zero-order valence-corrected chi connectivity index (χ0v) is 23.6. The Morgan fingerprint density at radius 2 is 1.74 bits per heavy atom. The van der Waals surface area contributed by atoms with Crippen molar-refractivity contribution in [1.82, 2.24) is 19.4 Å². The van der Waals surface area contributed by atoms with Crippen molar-refractivity contribution in [3.63, 3.8) is 0 Å². The molecule has 1 unspecified atom stereocenters. The van der Waals surface area contributed by atoms with Crippen LogP contribution in [0.15, 0.2) is 54.6 Å². The standard InChI is InChI=1S/C32H42N4O3/c1-23-33-28-11-7-8-12-29(28)36(23)27-19-25-13-14-26(20-27)35(25)16-15-32(24-9-5-4-6-10-24)21-34(17-18-39-32)30(38)31(2,3)22-37/h4-12,25-27,37H,13-22H2,1-3H3/t25-,26+,27+,32?. The van der Waals surface area contributed by atoms with E-state index in [0.29, 0.717) is 37.8 Å². The van der Waals surface area contributed by atoms with Crippen LogP contribution in [0.4, 0.5) is 0 Å². The van der Waals surface area contributed by atoms with Crippen LogP contribution >= 0.6 is 0 Å². The van der Waals surface area contributed by atoms with Crippen molar-refractivity contribution in [3.05, 3.63) is 66.0 Å². The third-order valence-electron chi connectivity index (χ3n) is 9.52. The molecule has 6 rings (SSSR count). The second kappa shape index (κ2) is 10.3. The fourth-order valence-corrected chi connectivity index (χ4v) is 7.42. The summed E-state index contributed by atoms with van der Waals surface area (Å²) in [5.74, 6) is 1.11. The van der Waals surface area contributed by atoms with E-state index >= 15 is 0 Å². The summed E-state index contributed by atoms with van der Waals surface area (Å²) in [6.45, 7) is 8.16. The number of carbonyl (C=O) groups is 1. The number of benzene rings is 2. The highest BCUT2D eigenvalue weighted by Crippen LogP contribution is 2.44. The van der Waals surface area contributed by atoms with Gasteiger partial charge in [0, 0.05) is 31.2 Å². The molecule has 7 heteroatoms. The lowest BCUT2D eigenvalue weighted by molar-refractivity contribution is -0.164. The minimum Gasteiger partial charge on any atom is -0.395 e. The summed E-state index contributed by atoms with van der Waals surface area (Å²) < 4.78 is 9.10. The number of nitrogens with zero attached hydrogens (tertiary/aromatic N) is 4. The molecule has 3 aliphatic heterocycles. The van der Waals surface area contributed by atoms with E-state index < -0.39 is 11.0 Å². The lowest BCUT2D eigenvalue weighted by Crippen LogP contribution is -2.56. The molecule has 208 valence electrons. The Morgan fingerprint density at radius 3 is 2.46 bits per heavy atom. The average molecular weight is 531 g/mol. The number of aliphatic hydroxyl groups excluding tert-OH is 1. The van der Waals surface area contributed by atoms with Crippen LogP contribution in [0, 0.1) is 12.3 Å². The molecule has 1 N–H and O–H groups in total. The van der Waals surface area contributed by atoms with Crippen LogP contribution < -0.4 is 0 Å². The summed E-state index contributed by atoms with van der Waals surface area (Å²) in [4.78, 5) is 22.9. The molecule has 3 aliphatic rings. The monoisotopic (exact) mass is 530 g/mol. The van der Waals surface area contributed by atoms with Gasteiger partial charge in [0.1, 0.15) is 11.4 Å². The summed E-state index contributed by atoms with van der Waals surface area (Å²) in [5.41, 5.74) is 2.13. The molecule has 4 heterocycles. The number of ether oxygens (including phenoxy) is 1. The minimum atomic E-state index is -0.795. The van der Waals surface area contributed by atoms with E-state index in [0.717, 1.165) is 42.7 Å². The number of amides is 1. The lowest BCUT2D eigenvalue weighted by Gasteiger charge is -2.47. The molecule has 3 saturated heterocycles. The molecular formula is C32H42N4O3. The van der Waals surface area contributed by atoms with Crippen molar-refractivity contribution in [3.8, 4) is 0 Å². The van der Waals surface area contributed by atoms with Crippen molar-refractivity contribution in [2.45, 2.75) is 76.6 Å². The molecule has 0 aliphatic carbocycles. The van der Waals surface area contributed by atoms with Gasteiger partial charge in [-0.15, -0.1) is 0 Å². The molecule has 0 spiro atoms. The smallest absolute Gasteiger partial charge is 0.230 e. The Bertz CT molecular complexity index is 1310. The molecule has 1 aromatic heterocycles. The van der Waals surface area contributed by atoms with Crippen LogP contribution in [0.2, 0.25) is 0 Å². The first-order valence-corrected chi connectivity index (χ1v) is 14.6. The second-order valence-electron chi connectivity index (χ2n) is 12.5. The molecular weight excluding hydrogens is 488 g/mol. The molecule has 3 aromatic rings. The van der Waals surface area contributed by atoms with Gasteiger partial charge in [-0.2, -0.15) is 0 Å². The third-order valence-corrected chi connectivity index (χ3v) is 9.52. The largest absolute Gasteiger partial charge is 0.395 e. The van der Waals surface area contributed by atoms with Gasteiger partial charge in [-0.1, -0.05) is 42.5 Å². The van der Waals surface area contributed by atoms with Crippen LogP contribution in [-0.4, -0.2) is 75.3 Å². The van der Waals surface area contributed by atoms with E-state index in [1.54, 1.807) is 0 Å². The highest BCUT2D eigenvalue weighted by molar-refractivity contribution is 5.82.